The second-order valence-electron chi connectivity index (χ2n) is 5.15. The molecule has 1 fully saturated rings. The predicted molar refractivity (Wildman–Crippen MR) is 63.9 cm³/mol. The monoisotopic (exact) mass is 274 g/mol. The molecule has 0 amide bonds. The van der Waals surface area contributed by atoms with E-state index in [1.54, 1.807) is 0 Å². The first-order valence-corrected chi connectivity index (χ1v) is 5.81. The lowest BCUT2D eigenvalue weighted by Gasteiger charge is -2.16. The fourth-order valence-electron chi connectivity index (χ4n) is 1.73. The highest BCUT2D eigenvalue weighted by Gasteiger charge is 2.39. The number of hydrogen-bond donors (Lipinski definition) is 1. The van der Waals surface area contributed by atoms with Crippen LogP contribution in [-0.2, 0) is 6.18 Å². The molecule has 19 heavy (non-hydrogen) atoms. The van der Waals surface area contributed by atoms with Crippen molar-refractivity contribution in [1.29, 1.82) is 0 Å². The van der Waals surface area contributed by atoms with Gasteiger partial charge in [0.05, 0.1) is 10.5 Å². The summed E-state index contributed by atoms with van der Waals surface area (Å²) in [4.78, 5) is 9.70. The van der Waals surface area contributed by atoms with E-state index in [1.807, 2.05) is 6.92 Å². The summed E-state index contributed by atoms with van der Waals surface area (Å²) in [5.41, 5.74) is -1.61. The van der Waals surface area contributed by atoms with Crippen LogP contribution in [0, 0.1) is 15.5 Å². The Morgan fingerprint density at radius 1 is 1.42 bits per heavy atom. The molecule has 0 aromatic heterocycles. The first-order valence-electron chi connectivity index (χ1n) is 5.81. The molecule has 1 aromatic rings. The van der Waals surface area contributed by atoms with Crippen LogP contribution in [-0.4, -0.2) is 11.5 Å². The molecule has 0 heterocycles. The van der Waals surface area contributed by atoms with E-state index in [2.05, 4.69) is 5.32 Å². The minimum atomic E-state index is -4.61. The average Bonchev–Trinajstić information content (AvgIpc) is 3.04. The highest BCUT2D eigenvalue weighted by atomic mass is 19.4. The number of benzene rings is 1. The molecule has 0 radical (unpaired) electrons. The van der Waals surface area contributed by atoms with Gasteiger partial charge in [0.2, 0.25) is 0 Å². The van der Waals surface area contributed by atoms with Crippen molar-refractivity contribution in [3.8, 4) is 0 Å². The Bertz CT molecular complexity index is 510. The van der Waals surface area contributed by atoms with Gasteiger partial charge in [0.25, 0.3) is 5.69 Å². The smallest absolute Gasteiger partial charge is 0.384 e. The highest BCUT2D eigenvalue weighted by Crippen LogP contribution is 2.45. The predicted octanol–water partition coefficient (Wildman–Crippen LogP) is 3.83. The molecule has 0 spiro atoms. The van der Waals surface area contributed by atoms with E-state index in [-0.39, 0.29) is 11.1 Å². The molecule has 0 atom stereocenters. The number of nitrogens with zero attached hydrogens (tertiary/aromatic N) is 1. The summed E-state index contributed by atoms with van der Waals surface area (Å²) in [6.45, 7) is 2.42. The van der Waals surface area contributed by atoms with Gasteiger partial charge in [-0.05, 0) is 24.3 Å². The standard InChI is InChI=1S/C12H13F3N2O2/c1-11(4-5-11)7-16-10-3-2-8(17(18)19)6-9(10)12(13,14)15/h2-3,6,16H,4-5,7H2,1H3. The highest BCUT2D eigenvalue weighted by molar-refractivity contribution is 5.57. The minimum Gasteiger partial charge on any atom is -0.384 e. The van der Waals surface area contributed by atoms with Gasteiger partial charge in [-0.25, -0.2) is 0 Å². The average molecular weight is 274 g/mol. The summed E-state index contributed by atoms with van der Waals surface area (Å²) in [5, 5.41) is 13.3. The summed E-state index contributed by atoms with van der Waals surface area (Å²) in [7, 11) is 0. The number of alkyl halides is 3. The molecular formula is C12H13F3N2O2. The van der Waals surface area contributed by atoms with Gasteiger partial charge in [0.1, 0.15) is 0 Å². The number of nitro groups is 1. The fraction of sp³-hybridized carbons (Fsp3) is 0.500. The van der Waals surface area contributed by atoms with Crippen LogP contribution < -0.4 is 5.32 Å². The summed E-state index contributed by atoms with van der Waals surface area (Å²) < 4.78 is 38.6. The third-order valence-electron chi connectivity index (χ3n) is 3.33. The normalized spacial score (nSPS) is 17.1. The molecule has 1 aliphatic rings. The van der Waals surface area contributed by atoms with Crippen LogP contribution in [0.2, 0.25) is 0 Å². The number of hydrogen-bond acceptors (Lipinski definition) is 3. The fourth-order valence-corrected chi connectivity index (χ4v) is 1.73. The maximum Gasteiger partial charge on any atom is 0.418 e. The molecule has 0 bridgehead atoms. The van der Waals surface area contributed by atoms with E-state index in [1.165, 1.54) is 0 Å². The summed E-state index contributed by atoms with van der Waals surface area (Å²) in [6, 6.07) is 2.76. The van der Waals surface area contributed by atoms with E-state index in [0.717, 1.165) is 25.0 Å². The number of nitro benzene ring substituents is 1. The molecule has 0 aliphatic heterocycles. The molecule has 1 saturated carbocycles. The zero-order chi connectivity index (χ0) is 14.3. The van der Waals surface area contributed by atoms with Crippen LogP contribution in [0.4, 0.5) is 24.5 Å². The van der Waals surface area contributed by atoms with Gasteiger partial charge in [-0.15, -0.1) is 0 Å². The lowest BCUT2D eigenvalue weighted by atomic mass is 10.1. The van der Waals surface area contributed by atoms with Gasteiger partial charge in [0, 0.05) is 24.4 Å². The first-order chi connectivity index (χ1) is 8.71. The van der Waals surface area contributed by atoms with Crippen molar-refractivity contribution in [2.24, 2.45) is 5.41 Å². The topological polar surface area (TPSA) is 55.2 Å². The lowest BCUT2D eigenvalue weighted by molar-refractivity contribution is -0.385. The van der Waals surface area contributed by atoms with Crippen molar-refractivity contribution >= 4 is 11.4 Å². The number of anilines is 1. The van der Waals surface area contributed by atoms with Crippen LogP contribution >= 0.6 is 0 Å². The van der Waals surface area contributed by atoms with Gasteiger partial charge >= 0.3 is 6.18 Å². The van der Waals surface area contributed by atoms with E-state index in [0.29, 0.717) is 12.6 Å². The molecule has 0 unspecified atom stereocenters. The molecule has 0 saturated heterocycles. The Labute approximate surface area is 107 Å². The molecule has 1 N–H and O–H groups in total. The van der Waals surface area contributed by atoms with Crippen LogP contribution in [0.1, 0.15) is 25.3 Å². The van der Waals surface area contributed by atoms with Crippen LogP contribution in [0.15, 0.2) is 18.2 Å². The molecular weight excluding hydrogens is 261 g/mol. The van der Waals surface area contributed by atoms with E-state index < -0.39 is 22.4 Å². The van der Waals surface area contributed by atoms with Crippen molar-refractivity contribution in [3.63, 3.8) is 0 Å². The Balaban J connectivity index is 2.28. The zero-order valence-electron chi connectivity index (χ0n) is 10.3. The Hall–Kier alpha value is -1.79. The summed E-state index contributed by atoms with van der Waals surface area (Å²) in [5.74, 6) is 0. The van der Waals surface area contributed by atoms with Gasteiger partial charge < -0.3 is 5.32 Å². The van der Waals surface area contributed by atoms with E-state index >= 15 is 0 Å². The second-order valence-corrected chi connectivity index (χ2v) is 5.15. The molecule has 2 rings (SSSR count). The SMILES string of the molecule is CC1(CNc2ccc([N+](=O)[O-])cc2C(F)(F)F)CC1. The maximum atomic E-state index is 12.9. The van der Waals surface area contributed by atoms with Crippen molar-refractivity contribution < 1.29 is 18.1 Å². The van der Waals surface area contributed by atoms with Gasteiger partial charge in [-0.2, -0.15) is 13.2 Å². The van der Waals surface area contributed by atoms with Crippen molar-refractivity contribution in [2.45, 2.75) is 25.9 Å². The van der Waals surface area contributed by atoms with Crippen LogP contribution in [0.25, 0.3) is 0 Å². The number of non-ortho nitro benzene ring substituents is 1. The summed E-state index contributed by atoms with van der Waals surface area (Å²) in [6.07, 6.45) is -2.65. The van der Waals surface area contributed by atoms with Crippen LogP contribution in [0.3, 0.4) is 0 Å². The number of halogens is 3. The van der Waals surface area contributed by atoms with Crippen molar-refractivity contribution in [3.05, 3.63) is 33.9 Å². The van der Waals surface area contributed by atoms with Gasteiger partial charge in [-0.1, -0.05) is 6.92 Å². The molecule has 4 nitrogen and oxygen atoms in total. The third kappa shape index (κ3) is 3.15. The molecule has 104 valence electrons. The molecule has 7 heteroatoms. The van der Waals surface area contributed by atoms with Gasteiger partial charge in [-0.3, -0.25) is 10.1 Å². The van der Waals surface area contributed by atoms with Crippen LogP contribution in [0.5, 0.6) is 0 Å². The summed E-state index contributed by atoms with van der Waals surface area (Å²) >= 11 is 0. The van der Waals surface area contributed by atoms with E-state index in [9.17, 15) is 23.3 Å². The molecule has 1 aromatic carbocycles. The zero-order valence-corrected chi connectivity index (χ0v) is 10.3. The number of rotatable bonds is 4. The quantitative estimate of drug-likeness (QED) is 0.670. The maximum absolute atomic E-state index is 12.9. The molecule has 1 aliphatic carbocycles. The van der Waals surface area contributed by atoms with Crippen molar-refractivity contribution in [1.82, 2.24) is 0 Å². The Kier molecular flexibility index (Phi) is 3.15. The second kappa shape index (κ2) is 4.40. The van der Waals surface area contributed by atoms with Gasteiger partial charge in [0.15, 0.2) is 0 Å². The Morgan fingerprint density at radius 2 is 2.05 bits per heavy atom. The van der Waals surface area contributed by atoms with Crippen molar-refractivity contribution in [2.75, 3.05) is 11.9 Å². The number of nitrogens with one attached hydrogen (secondary N) is 1. The Morgan fingerprint density at radius 3 is 2.53 bits per heavy atom. The minimum absolute atomic E-state index is 0.0463. The largest absolute Gasteiger partial charge is 0.418 e. The third-order valence-corrected chi connectivity index (χ3v) is 3.33. The van der Waals surface area contributed by atoms with E-state index in [4.69, 9.17) is 0 Å². The lowest BCUT2D eigenvalue weighted by Crippen LogP contribution is -2.16. The first kappa shape index (κ1) is 13.6.